The van der Waals surface area contributed by atoms with Crippen LogP contribution in [0.5, 0.6) is 0 Å². The van der Waals surface area contributed by atoms with Gasteiger partial charge in [-0.2, -0.15) is 0 Å². The molecule has 0 bridgehead atoms. The van der Waals surface area contributed by atoms with Crippen molar-refractivity contribution in [2.45, 2.75) is 12.8 Å². The van der Waals surface area contributed by atoms with Crippen molar-refractivity contribution in [3.8, 4) is 0 Å². The molecule has 1 heterocycles. The van der Waals surface area contributed by atoms with E-state index in [1.165, 1.54) is 25.3 Å². The molecule has 1 aromatic rings. The molecule has 1 rings (SSSR count). The summed E-state index contributed by atoms with van der Waals surface area (Å²) >= 11 is 0. The number of hydrogen-bond donors (Lipinski definition) is 0. The highest BCUT2D eigenvalue weighted by molar-refractivity contribution is 6.36. The number of Topliss-reactive ketones (excluding diaryl/α,β-unsaturated/α-hetero) is 1. The largest absolute Gasteiger partial charge is 0.469 e. The third kappa shape index (κ3) is 3.72. The molecule has 0 spiro atoms. The van der Waals surface area contributed by atoms with Crippen molar-refractivity contribution in [2.75, 3.05) is 20.8 Å². The van der Waals surface area contributed by atoms with E-state index in [9.17, 15) is 19.2 Å². The monoisotopic (exact) mass is 312 g/mol. The normalized spacial score (nSPS) is 11.6. The molecule has 0 aromatic carbocycles. The average molecular weight is 312 g/mol. The molecule has 1 atom stereocenters. The summed E-state index contributed by atoms with van der Waals surface area (Å²) in [6.45, 7) is 1.49. The molecular weight excluding hydrogens is 296 g/mol. The minimum absolute atomic E-state index is 0.0312. The van der Waals surface area contributed by atoms with Gasteiger partial charge in [-0.25, -0.2) is 4.79 Å². The van der Waals surface area contributed by atoms with Crippen LogP contribution in [0.25, 0.3) is 0 Å². The van der Waals surface area contributed by atoms with Crippen molar-refractivity contribution in [1.29, 1.82) is 0 Å². The summed E-state index contributed by atoms with van der Waals surface area (Å²) in [6.07, 6.45) is 1.24. The number of rotatable bonds is 7. The Morgan fingerprint density at radius 2 is 1.73 bits per heavy atom. The van der Waals surface area contributed by atoms with Crippen LogP contribution in [0.2, 0.25) is 0 Å². The second-order valence-electron chi connectivity index (χ2n) is 4.10. The topological polar surface area (TPSA) is 109 Å². The second-order valence-corrected chi connectivity index (χ2v) is 4.10. The van der Waals surface area contributed by atoms with E-state index in [1.54, 1.807) is 0 Å². The highest BCUT2D eigenvalue weighted by Crippen LogP contribution is 2.29. The number of carbonyl (C=O) groups excluding carboxylic acids is 4. The van der Waals surface area contributed by atoms with E-state index in [2.05, 4.69) is 14.2 Å². The molecular formula is C14H16O8. The van der Waals surface area contributed by atoms with Gasteiger partial charge in [0, 0.05) is 0 Å². The summed E-state index contributed by atoms with van der Waals surface area (Å²) in [6, 6.07) is 2.81. The molecule has 0 aliphatic carbocycles. The van der Waals surface area contributed by atoms with Crippen molar-refractivity contribution in [1.82, 2.24) is 0 Å². The van der Waals surface area contributed by atoms with Crippen LogP contribution in [0.3, 0.4) is 0 Å². The molecule has 0 aliphatic heterocycles. The van der Waals surface area contributed by atoms with Gasteiger partial charge in [-0.3, -0.25) is 14.4 Å². The van der Waals surface area contributed by atoms with Gasteiger partial charge in [0.1, 0.15) is 11.7 Å². The molecule has 1 aromatic heterocycles. The standard InChI is InChI=1S/C14H16O8/c1-4-21-14(18)11(15)9(8-6-5-7-22-8)10(12(16)19-2)13(17)20-3/h5-7,9-10H,4H2,1-3H3/t9-/m1/s1. The van der Waals surface area contributed by atoms with E-state index < -0.39 is 35.5 Å². The predicted octanol–water partition coefficient (Wildman–Crippen LogP) is 0.458. The zero-order valence-corrected chi connectivity index (χ0v) is 12.4. The van der Waals surface area contributed by atoms with Gasteiger partial charge in [-0.05, 0) is 19.1 Å². The lowest BCUT2D eigenvalue weighted by atomic mass is 9.86. The quantitative estimate of drug-likeness (QED) is 0.309. The van der Waals surface area contributed by atoms with Crippen molar-refractivity contribution >= 4 is 23.7 Å². The summed E-state index contributed by atoms with van der Waals surface area (Å²) in [7, 11) is 2.10. The maximum atomic E-state index is 12.3. The van der Waals surface area contributed by atoms with Gasteiger partial charge in [0.05, 0.1) is 27.1 Å². The Morgan fingerprint density at radius 3 is 2.14 bits per heavy atom. The fourth-order valence-corrected chi connectivity index (χ4v) is 1.86. The van der Waals surface area contributed by atoms with Crippen LogP contribution in [-0.2, 0) is 33.4 Å². The van der Waals surface area contributed by atoms with E-state index >= 15 is 0 Å². The minimum Gasteiger partial charge on any atom is -0.469 e. The first kappa shape index (κ1) is 17.4. The summed E-state index contributed by atoms with van der Waals surface area (Å²) in [5.74, 6) is -7.55. The van der Waals surface area contributed by atoms with Gasteiger partial charge in [0.15, 0.2) is 5.92 Å². The maximum Gasteiger partial charge on any atom is 0.375 e. The van der Waals surface area contributed by atoms with Crippen molar-refractivity contribution in [3.63, 3.8) is 0 Å². The first-order chi connectivity index (χ1) is 10.5. The number of esters is 3. The van der Waals surface area contributed by atoms with Crippen LogP contribution in [-0.4, -0.2) is 44.5 Å². The Labute approximate surface area is 126 Å². The fraction of sp³-hybridized carbons (Fsp3) is 0.429. The second kappa shape index (κ2) is 7.96. The highest BCUT2D eigenvalue weighted by atomic mass is 16.5. The van der Waals surface area contributed by atoms with Gasteiger partial charge >= 0.3 is 17.9 Å². The van der Waals surface area contributed by atoms with Gasteiger partial charge in [0.2, 0.25) is 0 Å². The Kier molecular flexibility index (Phi) is 6.30. The molecule has 0 amide bonds. The number of hydrogen-bond acceptors (Lipinski definition) is 8. The molecule has 0 N–H and O–H groups in total. The summed E-state index contributed by atoms with van der Waals surface area (Å²) < 4.78 is 18.7. The number of ether oxygens (including phenoxy) is 3. The van der Waals surface area contributed by atoms with E-state index in [4.69, 9.17) is 4.42 Å². The molecule has 0 fully saturated rings. The summed E-state index contributed by atoms with van der Waals surface area (Å²) in [4.78, 5) is 47.7. The smallest absolute Gasteiger partial charge is 0.375 e. The first-order valence-corrected chi connectivity index (χ1v) is 6.37. The van der Waals surface area contributed by atoms with E-state index in [0.717, 1.165) is 14.2 Å². The van der Waals surface area contributed by atoms with E-state index in [0.29, 0.717) is 0 Å². The zero-order chi connectivity index (χ0) is 16.7. The van der Waals surface area contributed by atoms with Crippen LogP contribution >= 0.6 is 0 Å². The fourth-order valence-electron chi connectivity index (χ4n) is 1.86. The van der Waals surface area contributed by atoms with Crippen LogP contribution in [0.4, 0.5) is 0 Å². The minimum atomic E-state index is -1.67. The lowest BCUT2D eigenvalue weighted by molar-refractivity contribution is -0.164. The number of carbonyl (C=O) groups is 4. The zero-order valence-electron chi connectivity index (χ0n) is 12.4. The van der Waals surface area contributed by atoms with Crippen LogP contribution < -0.4 is 0 Å². The van der Waals surface area contributed by atoms with E-state index in [1.807, 2.05) is 0 Å². The lowest BCUT2D eigenvalue weighted by Gasteiger charge is -2.19. The van der Waals surface area contributed by atoms with Gasteiger partial charge < -0.3 is 18.6 Å². The maximum absolute atomic E-state index is 12.3. The van der Waals surface area contributed by atoms with Crippen LogP contribution in [0, 0.1) is 5.92 Å². The van der Waals surface area contributed by atoms with Gasteiger partial charge in [-0.1, -0.05) is 0 Å². The number of furan rings is 1. The first-order valence-electron chi connectivity index (χ1n) is 6.37. The molecule has 120 valence electrons. The Bertz CT molecular complexity index is 529. The van der Waals surface area contributed by atoms with Gasteiger partial charge in [-0.15, -0.1) is 0 Å². The molecule has 0 saturated carbocycles. The molecule has 0 unspecified atom stereocenters. The third-order valence-corrected chi connectivity index (χ3v) is 2.85. The average Bonchev–Trinajstić information content (AvgIpc) is 3.04. The molecule has 0 radical (unpaired) electrons. The molecule has 22 heavy (non-hydrogen) atoms. The van der Waals surface area contributed by atoms with E-state index in [-0.39, 0.29) is 12.4 Å². The SMILES string of the molecule is CCOC(=O)C(=O)[C@H](c1ccco1)C(C(=O)OC)C(=O)OC. The Balaban J connectivity index is 3.29. The lowest BCUT2D eigenvalue weighted by Crippen LogP contribution is -2.39. The van der Waals surface area contributed by atoms with Crippen molar-refractivity contribution in [3.05, 3.63) is 24.2 Å². The molecule has 8 nitrogen and oxygen atoms in total. The predicted molar refractivity (Wildman–Crippen MR) is 70.6 cm³/mol. The third-order valence-electron chi connectivity index (χ3n) is 2.85. The summed E-state index contributed by atoms with van der Waals surface area (Å²) in [5.41, 5.74) is 0. The molecule has 8 heteroatoms. The Morgan fingerprint density at radius 1 is 1.14 bits per heavy atom. The number of methoxy groups -OCH3 is 2. The number of ketones is 1. The highest BCUT2D eigenvalue weighted by Gasteiger charge is 2.46. The van der Waals surface area contributed by atoms with Crippen molar-refractivity contribution < 1.29 is 37.8 Å². The van der Waals surface area contributed by atoms with Gasteiger partial charge in [0.25, 0.3) is 5.78 Å². The molecule has 0 aliphatic rings. The van der Waals surface area contributed by atoms with Crippen molar-refractivity contribution in [2.24, 2.45) is 5.92 Å². The molecule has 0 saturated heterocycles. The Hall–Kier alpha value is -2.64. The van der Waals surface area contributed by atoms with Crippen LogP contribution in [0.15, 0.2) is 22.8 Å². The van der Waals surface area contributed by atoms with Crippen LogP contribution in [0.1, 0.15) is 18.6 Å². The summed E-state index contributed by atoms with van der Waals surface area (Å²) in [5, 5.41) is 0.